The van der Waals surface area contributed by atoms with Crippen molar-refractivity contribution in [1.82, 2.24) is 0 Å². The van der Waals surface area contributed by atoms with Crippen LogP contribution in [0.5, 0.6) is 0 Å². The van der Waals surface area contributed by atoms with E-state index in [1.165, 1.54) is 6.92 Å². The molecule has 0 heterocycles. The highest BCUT2D eigenvalue weighted by Crippen LogP contribution is 2.05. The highest BCUT2D eigenvalue weighted by molar-refractivity contribution is 5.67. The molecule has 0 aliphatic rings. The molecule has 0 aromatic heterocycles. The molecule has 2 N–H and O–H groups in total. The SMILES string of the molecule is CC/C(OC(C)=O)=C(\C)N. The Morgan fingerprint density at radius 1 is 1.50 bits per heavy atom. The summed E-state index contributed by atoms with van der Waals surface area (Å²) >= 11 is 0. The molecule has 0 atom stereocenters. The molecule has 3 heteroatoms. The normalized spacial score (nSPS) is 12.3. The molecule has 0 spiro atoms. The Bertz CT molecular complexity index is 157. The summed E-state index contributed by atoms with van der Waals surface area (Å²) in [5.74, 6) is 0.245. The number of ether oxygens (including phenoxy) is 1. The van der Waals surface area contributed by atoms with Gasteiger partial charge in [-0.3, -0.25) is 4.79 Å². The Kier molecular flexibility index (Phi) is 3.54. The van der Waals surface area contributed by atoms with E-state index >= 15 is 0 Å². The van der Waals surface area contributed by atoms with Crippen molar-refractivity contribution in [2.75, 3.05) is 0 Å². The molecule has 0 rings (SSSR count). The maximum atomic E-state index is 10.4. The van der Waals surface area contributed by atoms with Crippen molar-refractivity contribution in [3.05, 3.63) is 11.5 Å². The standard InChI is InChI=1S/C7H13NO2/c1-4-7(5(2)8)10-6(3)9/h4,8H2,1-3H3/b7-5-. The third-order valence-corrected chi connectivity index (χ3v) is 1.03. The van der Waals surface area contributed by atoms with Gasteiger partial charge in [-0.2, -0.15) is 0 Å². The second kappa shape index (κ2) is 3.93. The highest BCUT2D eigenvalue weighted by Gasteiger charge is 2.00. The molecule has 0 radical (unpaired) electrons. The van der Waals surface area contributed by atoms with Gasteiger partial charge in [0.25, 0.3) is 0 Å². The molecule has 0 aliphatic heterocycles. The topological polar surface area (TPSA) is 52.3 Å². The third kappa shape index (κ3) is 3.12. The lowest BCUT2D eigenvalue weighted by molar-refractivity contribution is -0.137. The van der Waals surface area contributed by atoms with Crippen LogP contribution in [0.15, 0.2) is 11.5 Å². The molecule has 0 bridgehead atoms. The Balaban J connectivity index is 4.11. The number of esters is 1. The number of rotatable bonds is 2. The first-order valence-electron chi connectivity index (χ1n) is 3.21. The lowest BCUT2D eigenvalue weighted by Gasteiger charge is -2.04. The zero-order valence-corrected chi connectivity index (χ0v) is 6.60. The third-order valence-electron chi connectivity index (χ3n) is 1.03. The lowest BCUT2D eigenvalue weighted by atomic mass is 10.3. The van der Waals surface area contributed by atoms with Gasteiger partial charge in [0.2, 0.25) is 0 Å². The summed E-state index contributed by atoms with van der Waals surface area (Å²) in [6.45, 7) is 4.95. The van der Waals surface area contributed by atoms with Gasteiger partial charge in [-0.05, 0) is 6.92 Å². The largest absolute Gasteiger partial charge is 0.429 e. The molecule has 0 aliphatic carbocycles. The van der Waals surface area contributed by atoms with Crippen molar-refractivity contribution in [2.45, 2.75) is 27.2 Å². The Labute approximate surface area is 60.9 Å². The van der Waals surface area contributed by atoms with E-state index in [1.54, 1.807) is 6.92 Å². The van der Waals surface area contributed by atoms with Crippen LogP contribution < -0.4 is 5.73 Å². The van der Waals surface area contributed by atoms with Crippen LogP contribution in [-0.4, -0.2) is 5.97 Å². The number of carbonyl (C=O) groups is 1. The summed E-state index contributed by atoms with van der Waals surface area (Å²) in [4.78, 5) is 10.4. The summed E-state index contributed by atoms with van der Waals surface area (Å²) < 4.78 is 4.78. The minimum atomic E-state index is -0.318. The smallest absolute Gasteiger partial charge is 0.307 e. The average Bonchev–Trinajstić information content (AvgIpc) is 1.81. The van der Waals surface area contributed by atoms with Gasteiger partial charge >= 0.3 is 5.97 Å². The molecule has 0 amide bonds. The molecule has 0 aromatic rings. The predicted molar refractivity (Wildman–Crippen MR) is 38.9 cm³/mol. The van der Waals surface area contributed by atoms with Crippen molar-refractivity contribution in [3.63, 3.8) is 0 Å². The molecule has 0 unspecified atom stereocenters. The first-order chi connectivity index (χ1) is 4.57. The fourth-order valence-electron chi connectivity index (χ4n) is 0.605. The van der Waals surface area contributed by atoms with Crippen molar-refractivity contribution in [1.29, 1.82) is 0 Å². The number of carbonyl (C=O) groups excluding carboxylic acids is 1. The van der Waals surface area contributed by atoms with Gasteiger partial charge in [0.15, 0.2) is 0 Å². The summed E-state index contributed by atoms with van der Waals surface area (Å²) in [5, 5.41) is 0. The Hall–Kier alpha value is -0.990. The maximum absolute atomic E-state index is 10.4. The van der Waals surface area contributed by atoms with Crippen LogP contribution in [0.1, 0.15) is 27.2 Å². The molecular formula is C7H13NO2. The van der Waals surface area contributed by atoms with E-state index in [0.717, 1.165) is 0 Å². The van der Waals surface area contributed by atoms with E-state index in [0.29, 0.717) is 17.9 Å². The van der Waals surface area contributed by atoms with E-state index in [-0.39, 0.29) is 5.97 Å². The zero-order valence-electron chi connectivity index (χ0n) is 6.60. The number of nitrogens with two attached hydrogens (primary N) is 1. The summed E-state index contributed by atoms with van der Waals surface area (Å²) in [5.41, 5.74) is 5.97. The molecule has 0 fully saturated rings. The van der Waals surface area contributed by atoms with Crippen LogP contribution in [-0.2, 0) is 9.53 Å². The van der Waals surface area contributed by atoms with Gasteiger partial charge in [-0.25, -0.2) is 0 Å². The average molecular weight is 143 g/mol. The molecule has 58 valence electrons. The zero-order chi connectivity index (χ0) is 8.15. The monoisotopic (exact) mass is 143 g/mol. The quantitative estimate of drug-likeness (QED) is 0.466. The fraction of sp³-hybridized carbons (Fsp3) is 0.571. The van der Waals surface area contributed by atoms with Crippen molar-refractivity contribution in [2.24, 2.45) is 5.73 Å². The van der Waals surface area contributed by atoms with E-state index in [9.17, 15) is 4.79 Å². The van der Waals surface area contributed by atoms with Crippen LogP contribution in [0.2, 0.25) is 0 Å². The molecule has 3 nitrogen and oxygen atoms in total. The summed E-state index contributed by atoms with van der Waals surface area (Å²) in [7, 11) is 0. The maximum Gasteiger partial charge on any atom is 0.307 e. The fourth-order valence-corrected chi connectivity index (χ4v) is 0.605. The molecule has 0 saturated heterocycles. The number of allylic oxidation sites excluding steroid dienone is 2. The van der Waals surface area contributed by atoms with Crippen molar-refractivity contribution in [3.8, 4) is 0 Å². The van der Waals surface area contributed by atoms with Gasteiger partial charge in [0, 0.05) is 19.0 Å². The molecule has 0 saturated carbocycles. The van der Waals surface area contributed by atoms with Crippen LogP contribution in [0.4, 0.5) is 0 Å². The minimum Gasteiger partial charge on any atom is -0.429 e. The first kappa shape index (κ1) is 9.01. The number of hydrogen-bond donors (Lipinski definition) is 1. The van der Waals surface area contributed by atoms with Crippen LogP contribution >= 0.6 is 0 Å². The number of hydrogen-bond acceptors (Lipinski definition) is 3. The second-order valence-corrected chi connectivity index (χ2v) is 2.05. The van der Waals surface area contributed by atoms with Gasteiger partial charge in [-0.15, -0.1) is 0 Å². The first-order valence-corrected chi connectivity index (χ1v) is 3.21. The van der Waals surface area contributed by atoms with E-state index in [2.05, 4.69) is 0 Å². The van der Waals surface area contributed by atoms with E-state index in [4.69, 9.17) is 10.5 Å². The van der Waals surface area contributed by atoms with Gasteiger partial charge in [0.1, 0.15) is 5.76 Å². The predicted octanol–water partition coefficient (Wildman–Crippen LogP) is 1.15. The van der Waals surface area contributed by atoms with Crippen molar-refractivity contribution >= 4 is 5.97 Å². The molecular weight excluding hydrogens is 130 g/mol. The van der Waals surface area contributed by atoms with Gasteiger partial charge in [0.05, 0.1) is 0 Å². The molecule has 10 heavy (non-hydrogen) atoms. The summed E-state index contributed by atoms with van der Waals surface area (Å²) in [6.07, 6.45) is 0.655. The second-order valence-electron chi connectivity index (χ2n) is 2.05. The van der Waals surface area contributed by atoms with Crippen LogP contribution in [0.25, 0.3) is 0 Å². The summed E-state index contributed by atoms with van der Waals surface area (Å²) in [6, 6.07) is 0. The van der Waals surface area contributed by atoms with Crippen molar-refractivity contribution < 1.29 is 9.53 Å². The van der Waals surface area contributed by atoms with Gasteiger partial charge in [-0.1, -0.05) is 6.92 Å². The van der Waals surface area contributed by atoms with Crippen LogP contribution in [0.3, 0.4) is 0 Å². The Morgan fingerprint density at radius 3 is 2.10 bits per heavy atom. The van der Waals surface area contributed by atoms with Crippen LogP contribution in [0, 0.1) is 0 Å². The van der Waals surface area contributed by atoms with E-state index < -0.39 is 0 Å². The highest BCUT2D eigenvalue weighted by atomic mass is 16.5. The van der Waals surface area contributed by atoms with Gasteiger partial charge < -0.3 is 10.5 Å². The minimum absolute atomic E-state index is 0.318. The van der Waals surface area contributed by atoms with E-state index in [1.807, 2.05) is 6.92 Å². The Morgan fingerprint density at radius 2 is 2.00 bits per heavy atom. The lowest BCUT2D eigenvalue weighted by Crippen LogP contribution is -2.05. The molecule has 0 aromatic carbocycles.